The molecule has 0 aromatic heterocycles. The Balaban J connectivity index is 1.40. The van der Waals surface area contributed by atoms with Crippen LogP contribution in [0, 0.1) is 0 Å². The maximum atomic E-state index is 3.59. The van der Waals surface area contributed by atoms with Gasteiger partial charge in [0.15, 0.2) is 0 Å². The predicted molar refractivity (Wildman–Crippen MR) is 73.3 cm³/mol. The van der Waals surface area contributed by atoms with Gasteiger partial charge in [-0.15, -0.1) is 0 Å². The fourth-order valence-electron chi connectivity index (χ4n) is 2.25. The summed E-state index contributed by atoms with van der Waals surface area (Å²) in [4.78, 5) is 2.66. The molecule has 0 atom stereocenters. The second-order valence-corrected chi connectivity index (χ2v) is 6.32. The Morgan fingerprint density at radius 3 is 2.88 bits per heavy atom. The minimum Gasteiger partial charge on any atom is -0.314 e. The number of hydrogen-bond acceptors (Lipinski definition) is 3. The molecule has 2 nitrogen and oxygen atoms in total. The number of nitrogens with one attached hydrogen (secondary N) is 1. The maximum Gasteiger partial charge on any atom is 0.00723 e. The molecule has 0 aromatic rings. The lowest BCUT2D eigenvalue weighted by Crippen LogP contribution is -2.27. The van der Waals surface area contributed by atoms with Crippen molar-refractivity contribution in [1.82, 2.24) is 10.2 Å². The third-order valence-corrected chi connectivity index (χ3v) is 4.52. The van der Waals surface area contributed by atoms with Crippen molar-refractivity contribution in [2.75, 3.05) is 37.7 Å². The molecule has 1 heterocycles. The van der Waals surface area contributed by atoms with Crippen molar-refractivity contribution in [1.29, 1.82) is 0 Å². The zero-order valence-electron chi connectivity index (χ0n) is 10.4. The quantitative estimate of drug-likeness (QED) is 0.690. The first-order chi connectivity index (χ1) is 7.95. The van der Waals surface area contributed by atoms with E-state index in [0.29, 0.717) is 0 Å². The molecule has 1 saturated heterocycles. The molecule has 2 fully saturated rings. The Bertz CT molecular complexity index is 175. The van der Waals surface area contributed by atoms with Crippen LogP contribution >= 0.6 is 11.8 Å². The van der Waals surface area contributed by atoms with Gasteiger partial charge < -0.3 is 10.2 Å². The average molecular weight is 242 g/mol. The normalized spacial score (nSPS) is 23.2. The van der Waals surface area contributed by atoms with Crippen LogP contribution in [0.5, 0.6) is 0 Å². The molecule has 0 spiro atoms. The van der Waals surface area contributed by atoms with Gasteiger partial charge in [-0.05, 0) is 57.5 Å². The second-order valence-electron chi connectivity index (χ2n) is 5.10. The van der Waals surface area contributed by atoms with E-state index in [1.165, 1.54) is 76.2 Å². The van der Waals surface area contributed by atoms with Crippen LogP contribution in [0.2, 0.25) is 0 Å². The van der Waals surface area contributed by atoms with Crippen molar-refractivity contribution in [2.24, 2.45) is 0 Å². The summed E-state index contributed by atoms with van der Waals surface area (Å²) in [6.07, 6.45) is 8.42. The third-order valence-electron chi connectivity index (χ3n) is 3.48. The van der Waals surface area contributed by atoms with E-state index in [1.807, 2.05) is 0 Å². The Kier molecular flexibility index (Phi) is 6.02. The molecule has 0 radical (unpaired) electrons. The Labute approximate surface area is 105 Å². The fraction of sp³-hybridized carbons (Fsp3) is 1.00. The monoisotopic (exact) mass is 242 g/mol. The van der Waals surface area contributed by atoms with Crippen LogP contribution in [0.4, 0.5) is 0 Å². The van der Waals surface area contributed by atoms with E-state index in [0.717, 1.165) is 6.04 Å². The molecule has 0 unspecified atom stereocenters. The molecular formula is C13H26N2S. The summed E-state index contributed by atoms with van der Waals surface area (Å²) < 4.78 is 0. The van der Waals surface area contributed by atoms with Gasteiger partial charge in [0.05, 0.1) is 0 Å². The minimum atomic E-state index is 0.891. The van der Waals surface area contributed by atoms with Crippen molar-refractivity contribution in [3.8, 4) is 0 Å². The highest BCUT2D eigenvalue weighted by molar-refractivity contribution is 7.99. The summed E-state index contributed by atoms with van der Waals surface area (Å²) >= 11 is 2.13. The molecule has 0 aromatic carbocycles. The standard InChI is InChI=1S/C13H26N2S/c1(2-7-14-13-5-6-13)3-8-15-9-4-11-16-12-10-15/h13-14H,1-12H2. The zero-order chi connectivity index (χ0) is 11.1. The molecule has 1 saturated carbocycles. The predicted octanol–water partition coefficient (Wildman–Crippen LogP) is 2.35. The molecule has 1 N–H and O–H groups in total. The van der Waals surface area contributed by atoms with Crippen LogP contribution in [0.25, 0.3) is 0 Å². The van der Waals surface area contributed by atoms with Crippen LogP contribution in [0.15, 0.2) is 0 Å². The Morgan fingerprint density at radius 1 is 1.06 bits per heavy atom. The molecule has 94 valence electrons. The first-order valence-corrected chi connectivity index (χ1v) is 8.14. The van der Waals surface area contributed by atoms with E-state index >= 15 is 0 Å². The van der Waals surface area contributed by atoms with Gasteiger partial charge in [0.1, 0.15) is 0 Å². The van der Waals surface area contributed by atoms with Crippen molar-refractivity contribution < 1.29 is 0 Å². The smallest absolute Gasteiger partial charge is 0.00723 e. The highest BCUT2D eigenvalue weighted by Gasteiger charge is 2.19. The maximum absolute atomic E-state index is 3.59. The largest absolute Gasteiger partial charge is 0.314 e. The van der Waals surface area contributed by atoms with Gasteiger partial charge >= 0.3 is 0 Å². The number of nitrogens with zero attached hydrogens (tertiary/aromatic N) is 1. The summed E-state index contributed by atoms with van der Waals surface area (Å²) in [7, 11) is 0. The van der Waals surface area contributed by atoms with E-state index in [4.69, 9.17) is 0 Å². The van der Waals surface area contributed by atoms with Crippen LogP contribution < -0.4 is 5.32 Å². The molecule has 0 bridgehead atoms. The summed E-state index contributed by atoms with van der Waals surface area (Å²) in [5.74, 6) is 2.73. The first kappa shape index (κ1) is 12.7. The number of hydrogen-bond donors (Lipinski definition) is 1. The highest BCUT2D eigenvalue weighted by atomic mass is 32.2. The SMILES string of the molecule is C(CCNC1CC1)CCN1CCCSCC1. The van der Waals surface area contributed by atoms with Gasteiger partial charge in [-0.3, -0.25) is 0 Å². The van der Waals surface area contributed by atoms with E-state index in [-0.39, 0.29) is 0 Å². The summed E-state index contributed by atoms with van der Waals surface area (Å²) in [6, 6.07) is 0.891. The zero-order valence-corrected chi connectivity index (χ0v) is 11.2. The van der Waals surface area contributed by atoms with Gasteiger partial charge in [0.25, 0.3) is 0 Å². The third kappa shape index (κ3) is 5.55. The lowest BCUT2D eigenvalue weighted by molar-refractivity contribution is 0.288. The summed E-state index contributed by atoms with van der Waals surface area (Å²) in [5.41, 5.74) is 0. The van der Waals surface area contributed by atoms with Crippen LogP contribution in [-0.4, -0.2) is 48.6 Å². The lowest BCUT2D eigenvalue weighted by atomic mass is 10.2. The van der Waals surface area contributed by atoms with Gasteiger partial charge in [0, 0.05) is 18.3 Å². The second kappa shape index (κ2) is 7.57. The van der Waals surface area contributed by atoms with Gasteiger partial charge in [-0.2, -0.15) is 11.8 Å². The van der Waals surface area contributed by atoms with Crippen LogP contribution in [-0.2, 0) is 0 Å². The van der Waals surface area contributed by atoms with E-state index < -0.39 is 0 Å². The minimum absolute atomic E-state index is 0.891. The lowest BCUT2D eigenvalue weighted by Gasteiger charge is -2.18. The molecule has 2 aliphatic rings. The van der Waals surface area contributed by atoms with Gasteiger partial charge in [0.2, 0.25) is 0 Å². The van der Waals surface area contributed by atoms with Crippen molar-refractivity contribution >= 4 is 11.8 Å². The number of rotatable bonds is 7. The first-order valence-electron chi connectivity index (χ1n) is 6.98. The average Bonchev–Trinajstić information content (AvgIpc) is 3.10. The molecule has 2 rings (SSSR count). The van der Waals surface area contributed by atoms with Crippen LogP contribution in [0.3, 0.4) is 0 Å². The Hall–Kier alpha value is 0.270. The number of thioether (sulfide) groups is 1. The van der Waals surface area contributed by atoms with E-state index in [2.05, 4.69) is 22.0 Å². The molecule has 1 aliphatic heterocycles. The van der Waals surface area contributed by atoms with Gasteiger partial charge in [-0.25, -0.2) is 0 Å². The van der Waals surface area contributed by atoms with Crippen LogP contribution in [0.1, 0.15) is 38.5 Å². The summed E-state index contributed by atoms with van der Waals surface area (Å²) in [5, 5.41) is 3.59. The number of unbranched alkanes of at least 4 members (excludes halogenated alkanes) is 2. The van der Waals surface area contributed by atoms with Crippen molar-refractivity contribution in [3.63, 3.8) is 0 Å². The highest BCUT2D eigenvalue weighted by Crippen LogP contribution is 2.18. The summed E-state index contributed by atoms with van der Waals surface area (Å²) in [6.45, 7) is 5.25. The molecule has 3 heteroatoms. The Morgan fingerprint density at radius 2 is 2.00 bits per heavy atom. The molecular weight excluding hydrogens is 216 g/mol. The van der Waals surface area contributed by atoms with Gasteiger partial charge in [-0.1, -0.05) is 6.42 Å². The topological polar surface area (TPSA) is 15.3 Å². The van der Waals surface area contributed by atoms with Crippen molar-refractivity contribution in [2.45, 2.75) is 44.6 Å². The molecule has 16 heavy (non-hydrogen) atoms. The van der Waals surface area contributed by atoms with E-state index in [9.17, 15) is 0 Å². The van der Waals surface area contributed by atoms with Crippen molar-refractivity contribution in [3.05, 3.63) is 0 Å². The van der Waals surface area contributed by atoms with E-state index in [1.54, 1.807) is 0 Å². The molecule has 1 aliphatic carbocycles. The molecule has 0 amide bonds. The fourth-order valence-corrected chi connectivity index (χ4v) is 3.18.